The Morgan fingerprint density at radius 1 is 0.852 bits per heavy atom. The molecule has 3 heteroatoms. The van der Waals surface area contributed by atoms with Crippen LogP contribution in [0.4, 0.5) is 0 Å². The minimum Gasteiger partial charge on any atom is -0.456 e. The van der Waals surface area contributed by atoms with Gasteiger partial charge in [0.05, 0.1) is 0 Å². The van der Waals surface area contributed by atoms with Crippen molar-refractivity contribution in [3.05, 3.63) is 48.0 Å². The highest BCUT2D eigenvalue weighted by atomic mass is 16.5. The van der Waals surface area contributed by atoms with Crippen molar-refractivity contribution in [1.29, 1.82) is 0 Å². The first-order valence-electron chi connectivity index (χ1n) is 10.8. The lowest BCUT2D eigenvalue weighted by atomic mass is 10.1. The van der Waals surface area contributed by atoms with E-state index in [9.17, 15) is 4.79 Å². The van der Waals surface area contributed by atoms with Crippen LogP contribution in [0.3, 0.4) is 0 Å². The molecule has 0 unspecified atom stereocenters. The molecule has 0 atom stereocenters. The van der Waals surface area contributed by atoms with E-state index < -0.39 is 0 Å². The fraction of sp³-hybridized carbons (Fsp3) is 0.625. The molecule has 0 fully saturated rings. The van der Waals surface area contributed by atoms with Crippen LogP contribution in [-0.2, 0) is 11.3 Å². The molecule has 0 radical (unpaired) electrons. The molecule has 1 aromatic rings. The predicted octanol–water partition coefficient (Wildman–Crippen LogP) is 7.42. The van der Waals surface area contributed by atoms with Crippen molar-refractivity contribution in [3.63, 3.8) is 0 Å². The molecule has 152 valence electrons. The molecule has 1 rings (SSSR count). The fourth-order valence-corrected chi connectivity index (χ4v) is 2.90. The van der Waals surface area contributed by atoms with E-state index in [4.69, 9.17) is 9.15 Å². The van der Waals surface area contributed by atoms with Gasteiger partial charge >= 0.3 is 0 Å². The summed E-state index contributed by atoms with van der Waals surface area (Å²) in [6.45, 7) is 3.46. The Hall–Kier alpha value is -1.61. The number of hydrogen-bond acceptors (Lipinski definition) is 3. The minimum absolute atomic E-state index is 0.363. The lowest BCUT2D eigenvalue weighted by Gasteiger charge is -2.03. The van der Waals surface area contributed by atoms with E-state index in [1.165, 1.54) is 64.2 Å². The molecule has 0 aliphatic heterocycles. The normalized spacial score (nSPS) is 11.7. The number of carbonyl (C=O) groups is 1. The summed E-state index contributed by atoms with van der Waals surface area (Å²) in [6, 6.07) is 3.47. The maximum atomic E-state index is 10.5. The summed E-state index contributed by atoms with van der Waals surface area (Å²) in [5, 5.41) is 0. The quantitative estimate of drug-likeness (QED) is 0.152. The van der Waals surface area contributed by atoms with E-state index >= 15 is 0 Å². The lowest BCUT2D eigenvalue weighted by molar-refractivity contribution is 0.0986. The molecule has 0 N–H and O–H groups in total. The van der Waals surface area contributed by atoms with Crippen LogP contribution in [0.25, 0.3) is 0 Å². The third kappa shape index (κ3) is 14.2. The Balaban J connectivity index is 1.79. The van der Waals surface area contributed by atoms with E-state index in [0.29, 0.717) is 18.7 Å². The highest BCUT2D eigenvalue weighted by Gasteiger charge is 2.00. The molecule has 0 aliphatic carbocycles. The van der Waals surface area contributed by atoms with Gasteiger partial charge in [0.15, 0.2) is 12.0 Å². The first kappa shape index (κ1) is 23.4. The number of rotatable bonds is 18. The van der Waals surface area contributed by atoms with Crippen LogP contribution in [0, 0.1) is 0 Å². The van der Waals surface area contributed by atoms with Crippen LogP contribution in [-0.4, -0.2) is 12.9 Å². The van der Waals surface area contributed by atoms with Gasteiger partial charge in [0.2, 0.25) is 0 Å². The second kappa shape index (κ2) is 17.8. The Kier molecular flexibility index (Phi) is 15.4. The standard InChI is InChI=1S/C24H38O3/c1-2-3-4-5-6-7-8-9-10-11-12-13-14-15-16-17-20-26-22-24-19-18-23(21-25)27-24/h6-7,9-10,18-19,21H,2-5,8,11-17,20,22H2,1H3. The molecule has 0 saturated heterocycles. The number of allylic oxidation sites excluding steroid dienone is 4. The number of unbranched alkanes of at least 4 members (excludes halogenated alkanes) is 9. The minimum atomic E-state index is 0.363. The Morgan fingerprint density at radius 3 is 2.19 bits per heavy atom. The molecule has 1 aromatic heterocycles. The third-order valence-corrected chi connectivity index (χ3v) is 4.53. The largest absolute Gasteiger partial charge is 0.456 e. The molecule has 0 bridgehead atoms. The SMILES string of the molecule is CCCCCC=CCC=CCCCCCCCCOCc1ccc(C=O)o1. The smallest absolute Gasteiger partial charge is 0.185 e. The highest BCUT2D eigenvalue weighted by molar-refractivity contribution is 5.70. The van der Waals surface area contributed by atoms with Crippen molar-refractivity contribution in [2.45, 2.75) is 90.6 Å². The van der Waals surface area contributed by atoms with Crippen molar-refractivity contribution in [3.8, 4) is 0 Å². The van der Waals surface area contributed by atoms with Crippen LogP contribution in [0.2, 0.25) is 0 Å². The highest BCUT2D eigenvalue weighted by Crippen LogP contribution is 2.10. The average Bonchev–Trinajstić information content (AvgIpc) is 3.15. The average molecular weight is 375 g/mol. The van der Waals surface area contributed by atoms with E-state index in [1.807, 2.05) is 0 Å². The summed E-state index contributed by atoms with van der Waals surface area (Å²) in [5.74, 6) is 1.08. The van der Waals surface area contributed by atoms with Crippen LogP contribution in [0.15, 0.2) is 40.9 Å². The van der Waals surface area contributed by atoms with Crippen LogP contribution < -0.4 is 0 Å². The van der Waals surface area contributed by atoms with Crippen LogP contribution >= 0.6 is 0 Å². The number of furan rings is 1. The van der Waals surface area contributed by atoms with Gasteiger partial charge in [-0.3, -0.25) is 4.79 Å². The van der Waals surface area contributed by atoms with Gasteiger partial charge < -0.3 is 9.15 Å². The van der Waals surface area contributed by atoms with Crippen molar-refractivity contribution >= 4 is 6.29 Å². The third-order valence-electron chi connectivity index (χ3n) is 4.53. The Morgan fingerprint density at radius 2 is 1.52 bits per heavy atom. The fourth-order valence-electron chi connectivity index (χ4n) is 2.90. The first-order valence-corrected chi connectivity index (χ1v) is 10.8. The van der Waals surface area contributed by atoms with Crippen molar-refractivity contribution in [1.82, 2.24) is 0 Å². The van der Waals surface area contributed by atoms with Gasteiger partial charge in [-0.1, -0.05) is 69.8 Å². The van der Waals surface area contributed by atoms with Gasteiger partial charge in [-0.05, 0) is 50.7 Å². The molecular weight excluding hydrogens is 336 g/mol. The maximum Gasteiger partial charge on any atom is 0.185 e. The van der Waals surface area contributed by atoms with Gasteiger partial charge in [0.25, 0.3) is 0 Å². The zero-order chi connectivity index (χ0) is 19.4. The Labute approximate surface area is 165 Å². The summed E-state index contributed by atoms with van der Waals surface area (Å²) < 4.78 is 10.8. The number of hydrogen-bond donors (Lipinski definition) is 0. The van der Waals surface area contributed by atoms with Crippen molar-refractivity contribution < 1.29 is 13.9 Å². The second-order valence-electron chi connectivity index (χ2n) is 7.06. The van der Waals surface area contributed by atoms with Gasteiger partial charge in [-0.15, -0.1) is 0 Å². The first-order chi connectivity index (χ1) is 13.4. The molecule has 0 aliphatic rings. The van der Waals surface area contributed by atoms with Gasteiger partial charge in [0, 0.05) is 6.61 Å². The monoisotopic (exact) mass is 374 g/mol. The summed E-state index contributed by atoms with van der Waals surface area (Å²) in [6.07, 6.45) is 25.0. The molecular formula is C24H38O3. The molecule has 1 heterocycles. The van der Waals surface area contributed by atoms with Gasteiger partial charge in [-0.2, -0.15) is 0 Å². The second-order valence-corrected chi connectivity index (χ2v) is 7.06. The van der Waals surface area contributed by atoms with E-state index in [0.717, 1.165) is 25.2 Å². The summed E-state index contributed by atoms with van der Waals surface area (Å²) in [7, 11) is 0. The summed E-state index contributed by atoms with van der Waals surface area (Å²) >= 11 is 0. The Bertz CT molecular complexity index is 513. The predicted molar refractivity (Wildman–Crippen MR) is 113 cm³/mol. The molecule has 0 aromatic carbocycles. The lowest BCUT2D eigenvalue weighted by Crippen LogP contribution is -1.94. The van der Waals surface area contributed by atoms with Crippen molar-refractivity contribution in [2.75, 3.05) is 6.61 Å². The van der Waals surface area contributed by atoms with Gasteiger partial charge in [0.1, 0.15) is 12.4 Å². The van der Waals surface area contributed by atoms with E-state index in [-0.39, 0.29) is 0 Å². The molecule has 0 saturated carbocycles. The maximum absolute atomic E-state index is 10.5. The number of aldehydes is 1. The number of ether oxygens (including phenoxy) is 1. The summed E-state index contributed by atoms with van der Waals surface area (Å²) in [5.41, 5.74) is 0. The van der Waals surface area contributed by atoms with Crippen LogP contribution in [0.1, 0.15) is 100 Å². The van der Waals surface area contributed by atoms with Gasteiger partial charge in [-0.25, -0.2) is 0 Å². The summed E-state index contributed by atoms with van der Waals surface area (Å²) in [4.78, 5) is 10.5. The van der Waals surface area contributed by atoms with E-state index in [2.05, 4.69) is 31.2 Å². The molecule has 27 heavy (non-hydrogen) atoms. The van der Waals surface area contributed by atoms with Crippen molar-refractivity contribution in [2.24, 2.45) is 0 Å². The van der Waals surface area contributed by atoms with Crippen LogP contribution in [0.5, 0.6) is 0 Å². The zero-order valence-corrected chi connectivity index (χ0v) is 17.2. The number of carbonyl (C=O) groups excluding carboxylic acids is 1. The molecule has 0 amide bonds. The molecule has 3 nitrogen and oxygen atoms in total. The topological polar surface area (TPSA) is 39.4 Å². The molecule has 0 spiro atoms. The van der Waals surface area contributed by atoms with E-state index in [1.54, 1.807) is 12.1 Å². The zero-order valence-electron chi connectivity index (χ0n) is 17.2.